The lowest BCUT2D eigenvalue weighted by molar-refractivity contribution is 0.199. The summed E-state index contributed by atoms with van der Waals surface area (Å²) in [7, 11) is 0. The van der Waals surface area contributed by atoms with Gasteiger partial charge in [-0.1, -0.05) is 19.4 Å². The Bertz CT molecular complexity index is 365. The largest absolute Gasteiger partial charge is 0.389 e. The van der Waals surface area contributed by atoms with Crippen LogP contribution in [-0.4, -0.2) is 23.2 Å². The van der Waals surface area contributed by atoms with Crippen molar-refractivity contribution in [2.24, 2.45) is 5.92 Å². The zero-order valence-corrected chi connectivity index (χ0v) is 10.8. The van der Waals surface area contributed by atoms with E-state index in [0.717, 1.165) is 30.4 Å². The Labute approximate surface area is 103 Å². The SMILES string of the molecule is CCC1CCCN(c2ncccc2[C@@H](C)O)C1. The molecule has 1 aromatic heterocycles. The minimum Gasteiger partial charge on any atom is -0.389 e. The molecule has 0 aromatic carbocycles. The molecule has 0 radical (unpaired) electrons. The van der Waals surface area contributed by atoms with Gasteiger partial charge in [-0.25, -0.2) is 4.98 Å². The molecule has 94 valence electrons. The first kappa shape index (κ1) is 12.4. The van der Waals surface area contributed by atoms with Crippen LogP contribution in [0, 0.1) is 5.92 Å². The van der Waals surface area contributed by atoms with Crippen molar-refractivity contribution in [2.75, 3.05) is 18.0 Å². The smallest absolute Gasteiger partial charge is 0.134 e. The van der Waals surface area contributed by atoms with Crippen molar-refractivity contribution in [2.45, 2.75) is 39.2 Å². The number of hydrogen-bond donors (Lipinski definition) is 1. The van der Waals surface area contributed by atoms with Gasteiger partial charge in [-0.2, -0.15) is 0 Å². The number of aliphatic hydroxyl groups excluding tert-OH is 1. The predicted octanol–water partition coefficient (Wildman–Crippen LogP) is 2.76. The van der Waals surface area contributed by atoms with E-state index in [9.17, 15) is 5.11 Å². The molecule has 2 atom stereocenters. The second-order valence-corrected chi connectivity index (χ2v) is 4.95. The first-order valence-electron chi connectivity index (χ1n) is 6.60. The van der Waals surface area contributed by atoms with E-state index >= 15 is 0 Å². The minimum atomic E-state index is -0.444. The number of anilines is 1. The Morgan fingerprint density at radius 2 is 2.41 bits per heavy atom. The van der Waals surface area contributed by atoms with Crippen LogP contribution in [-0.2, 0) is 0 Å². The molecule has 0 spiro atoms. The Kier molecular flexibility index (Phi) is 4.00. The van der Waals surface area contributed by atoms with Gasteiger partial charge in [0.1, 0.15) is 5.82 Å². The maximum absolute atomic E-state index is 9.79. The third-order valence-corrected chi connectivity index (χ3v) is 3.66. The third-order valence-electron chi connectivity index (χ3n) is 3.66. The van der Waals surface area contributed by atoms with Crippen LogP contribution < -0.4 is 4.90 Å². The molecule has 3 heteroatoms. The molecule has 0 amide bonds. The van der Waals surface area contributed by atoms with Crippen LogP contribution in [0.25, 0.3) is 0 Å². The van der Waals surface area contributed by atoms with E-state index in [2.05, 4.69) is 16.8 Å². The molecule has 2 rings (SSSR count). The molecule has 1 unspecified atom stereocenters. The maximum atomic E-state index is 9.79. The second-order valence-electron chi connectivity index (χ2n) is 4.95. The van der Waals surface area contributed by atoms with E-state index in [1.807, 2.05) is 25.3 Å². The minimum absolute atomic E-state index is 0.444. The van der Waals surface area contributed by atoms with E-state index in [-0.39, 0.29) is 0 Å². The molecule has 1 aliphatic heterocycles. The average molecular weight is 234 g/mol. The summed E-state index contributed by atoms with van der Waals surface area (Å²) in [5.41, 5.74) is 0.948. The lowest BCUT2D eigenvalue weighted by Gasteiger charge is -2.34. The summed E-state index contributed by atoms with van der Waals surface area (Å²) in [6, 6.07) is 3.87. The van der Waals surface area contributed by atoms with Crippen molar-refractivity contribution in [1.29, 1.82) is 0 Å². The normalized spacial score (nSPS) is 22.5. The van der Waals surface area contributed by atoms with Gasteiger partial charge in [0.25, 0.3) is 0 Å². The highest BCUT2D eigenvalue weighted by Crippen LogP contribution is 2.28. The van der Waals surface area contributed by atoms with Crippen LogP contribution in [0.4, 0.5) is 5.82 Å². The number of aliphatic hydroxyl groups is 1. The Morgan fingerprint density at radius 3 is 3.12 bits per heavy atom. The first-order valence-corrected chi connectivity index (χ1v) is 6.60. The van der Waals surface area contributed by atoms with Gasteiger partial charge >= 0.3 is 0 Å². The van der Waals surface area contributed by atoms with Gasteiger partial charge in [-0.3, -0.25) is 0 Å². The van der Waals surface area contributed by atoms with Crippen LogP contribution in [0.2, 0.25) is 0 Å². The molecular formula is C14H22N2O. The number of pyridine rings is 1. The molecule has 0 bridgehead atoms. The van der Waals surface area contributed by atoms with Gasteiger partial charge in [0.05, 0.1) is 6.10 Å². The van der Waals surface area contributed by atoms with Crippen molar-refractivity contribution in [1.82, 2.24) is 4.98 Å². The number of nitrogens with zero attached hydrogens (tertiary/aromatic N) is 2. The van der Waals surface area contributed by atoms with Crippen LogP contribution in [0.1, 0.15) is 44.8 Å². The quantitative estimate of drug-likeness (QED) is 0.873. The molecule has 3 nitrogen and oxygen atoms in total. The summed E-state index contributed by atoms with van der Waals surface area (Å²) < 4.78 is 0. The monoisotopic (exact) mass is 234 g/mol. The van der Waals surface area contributed by atoms with Crippen molar-refractivity contribution in [3.63, 3.8) is 0 Å². The highest BCUT2D eigenvalue weighted by atomic mass is 16.3. The Hall–Kier alpha value is -1.09. The van der Waals surface area contributed by atoms with Crippen LogP contribution >= 0.6 is 0 Å². The summed E-state index contributed by atoms with van der Waals surface area (Å²) >= 11 is 0. The molecule has 1 N–H and O–H groups in total. The van der Waals surface area contributed by atoms with Crippen molar-refractivity contribution < 1.29 is 5.11 Å². The van der Waals surface area contributed by atoms with E-state index in [1.165, 1.54) is 19.3 Å². The summed E-state index contributed by atoms with van der Waals surface area (Å²) in [4.78, 5) is 6.79. The predicted molar refractivity (Wildman–Crippen MR) is 70.1 cm³/mol. The first-order chi connectivity index (χ1) is 8.22. The zero-order valence-electron chi connectivity index (χ0n) is 10.8. The van der Waals surface area contributed by atoms with Gasteiger partial charge in [-0.05, 0) is 31.7 Å². The summed E-state index contributed by atoms with van der Waals surface area (Å²) in [6.07, 6.45) is 5.16. The Balaban J connectivity index is 2.21. The molecular weight excluding hydrogens is 212 g/mol. The van der Waals surface area contributed by atoms with Crippen LogP contribution in [0.5, 0.6) is 0 Å². The number of piperidine rings is 1. The number of aromatic nitrogens is 1. The summed E-state index contributed by atoms with van der Waals surface area (Å²) in [6.45, 7) is 6.20. The van der Waals surface area contributed by atoms with Gasteiger partial charge in [0, 0.05) is 24.8 Å². The fourth-order valence-corrected chi connectivity index (χ4v) is 2.59. The highest BCUT2D eigenvalue weighted by Gasteiger charge is 2.22. The lowest BCUT2D eigenvalue weighted by Crippen LogP contribution is -2.36. The zero-order chi connectivity index (χ0) is 12.3. The van der Waals surface area contributed by atoms with Crippen LogP contribution in [0.3, 0.4) is 0 Å². The second kappa shape index (κ2) is 5.50. The molecule has 1 aromatic rings. The van der Waals surface area contributed by atoms with Gasteiger partial charge < -0.3 is 10.0 Å². The molecule has 0 aliphatic carbocycles. The molecule has 1 fully saturated rings. The number of rotatable bonds is 3. The van der Waals surface area contributed by atoms with Crippen LogP contribution in [0.15, 0.2) is 18.3 Å². The molecule has 1 aliphatic rings. The van der Waals surface area contributed by atoms with Gasteiger partial charge in [0.15, 0.2) is 0 Å². The summed E-state index contributed by atoms with van der Waals surface area (Å²) in [5, 5.41) is 9.79. The van der Waals surface area contributed by atoms with Gasteiger partial charge in [-0.15, -0.1) is 0 Å². The topological polar surface area (TPSA) is 36.4 Å². The van der Waals surface area contributed by atoms with E-state index in [4.69, 9.17) is 0 Å². The van der Waals surface area contributed by atoms with Crippen molar-refractivity contribution in [3.05, 3.63) is 23.9 Å². The van der Waals surface area contributed by atoms with E-state index in [0.29, 0.717) is 0 Å². The van der Waals surface area contributed by atoms with E-state index in [1.54, 1.807) is 0 Å². The molecule has 17 heavy (non-hydrogen) atoms. The standard InChI is InChI=1S/C14H22N2O/c1-3-12-6-5-9-16(10-12)14-13(11(2)17)7-4-8-15-14/h4,7-8,11-12,17H,3,5-6,9-10H2,1-2H3/t11-,12?/m1/s1. The van der Waals surface area contributed by atoms with Crippen molar-refractivity contribution in [3.8, 4) is 0 Å². The third kappa shape index (κ3) is 2.78. The van der Waals surface area contributed by atoms with E-state index < -0.39 is 6.10 Å². The molecule has 0 saturated carbocycles. The highest BCUT2D eigenvalue weighted by molar-refractivity contribution is 5.48. The average Bonchev–Trinajstić information content (AvgIpc) is 2.39. The Morgan fingerprint density at radius 1 is 1.59 bits per heavy atom. The molecule has 1 saturated heterocycles. The summed E-state index contributed by atoms with van der Waals surface area (Å²) in [5.74, 6) is 1.74. The maximum Gasteiger partial charge on any atom is 0.134 e. The fourth-order valence-electron chi connectivity index (χ4n) is 2.59. The lowest BCUT2D eigenvalue weighted by atomic mass is 9.95. The fraction of sp³-hybridized carbons (Fsp3) is 0.643. The van der Waals surface area contributed by atoms with Crippen molar-refractivity contribution >= 4 is 5.82 Å². The number of hydrogen-bond acceptors (Lipinski definition) is 3. The van der Waals surface area contributed by atoms with Gasteiger partial charge in [0.2, 0.25) is 0 Å². The molecule has 2 heterocycles.